The number of hydrogen-bond donors (Lipinski definition) is 0. The Hall–Kier alpha value is -2.93. The molecule has 0 saturated carbocycles. The van der Waals surface area contributed by atoms with Gasteiger partial charge >= 0.3 is 5.97 Å². The number of benzene rings is 2. The number of nitrogens with zero attached hydrogens (tertiary/aromatic N) is 1. The van der Waals surface area contributed by atoms with Crippen molar-refractivity contribution in [2.45, 2.75) is 6.92 Å². The molecule has 26 heavy (non-hydrogen) atoms. The zero-order chi connectivity index (χ0) is 18.7. The highest BCUT2D eigenvalue weighted by molar-refractivity contribution is 7.17. The lowest BCUT2D eigenvalue weighted by Crippen LogP contribution is -2.15. The predicted octanol–water partition coefficient (Wildman–Crippen LogP) is 4.44. The maximum Gasteiger partial charge on any atom is 0.350 e. The zero-order valence-corrected chi connectivity index (χ0v) is 14.5. The second-order valence-electron chi connectivity index (χ2n) is 5.42. The van der Waals surface area contributed by atoms with Gasteiger partial charge in [0.05, 0.1) is 11.3 Å². The van der Waals surface area contributed by atoms with Crippen LogP contribution in [0, 0.1) is 18.6 Å². The Kier molecular flexibility index (Phi) is 5.18. The third kappa shape index (κ3) is 3.83. The fourth-order valence-corrected chi connectivity index (χ4v) is 3.24. The minimum Gasteiger partial charge on any atom is -0.453 e. The van der Waals surface area contributed by atoms with Crippen LogP contribution in [-0.2, 0) is 4.74 Å². The molecule has 3 aromatic rings. The molecule has 0 aliphatic heterocycles. The number of Topliss-reactive ketones (excluding diaryl/α,β-unsaturated/α-hetero) is 1. The van der Waals surface area contributed by atoms with Crippen LogP contribution in [0.2, 0.25) is 0 Å². The normalized spacial score (nSPS) is 10.6. The molecule has 2 aromatic carbocycles. The molecular weight excluding hydrogens is 360 g/mol. The van der Waals surface area contributed by atoms with Gasteiger partial charge in [-0.2, -0.15) is 0 Å². The molecule has 0 amide bonds. The van der Waals surface area contributed by atoms with Gasteiger partial charge in [0.2, 0.25) is 5.78 Å². The number of aryl methyl sites for hydroxylation is 1. The molecule has 1 aromatic heterocycles. The number of esters is 1. The summed E-state index contributed by atoms with van der Waals surface area (Å²) in [6, 6.07) is 11.8. The van der Waals surface area contributed by atoms with Gasteiger partial charge in [-0.1, -0.05) is 30.3 Å². The summed E-state index contributed by atoms with van der Waals surface area (Å²) in [4.78, 5) is 28.8. The minimum absolute atomic E-state index is 0.261. The molecule has 1 heterocycles. The van der Waals surface area contributed by atoms with Crippen LogP contribution < -0.4 is 0 Å². The summed E-state index contributed by atoms with van der Waals surface area (Å²) in [6.45, 7) is 0.977. The lowest BCUT2D eigenvalue weighted by Gasteiger charge is -2.04. The minimum atomic E-state index is -0.868. The highest BCUT2D eigenvalue weighted by Crippen LogP contribution is 2.28. The zero-order valence-electron chi connectivity index (χ0n) is 13.7. The maximum absolute atomic E-state index is 13.6. The van der Waals surface area contributed by atoms with E-state index in [0.717, 1.165) is 35.1 Å². The van der Waals surface area contributed by atoms with Crippen molar-refractivity contribution < 1.29 is 23.1 Å². The first kappa shape index (κ1) is 17.9. The first-order chi connectivity index (χ1) is 12.5. The Morgan fingerprint density at radius 2 is 1.85 bits per heavy atom. The molecule has 0 atom stereocenters. The monoisotopic (exact) mass is 373 g/mol. The summed E-state index contributed by atoms with van der Waals surface area (Å²) in [5, 5.41) is 0.651. The summed E-state index contributed by atoms with van der Waals surface area (Å²) in [7, 11) is 0. The van der Waals surface area contributed by atoms with Gasteiger partial charge in [0.15, 0.2) is 6.61 Å². The molecule has 0 bridgehead atoms. The molecular formula is C19H13F2NO3S. The van der Waals surface area contributed by atoms with Gasteiger partial charge in [-0.3, -0.25) is 4.79 Å². The summed E-state index contributed by atoms with van der Waals surface area (Å²) in [6.07, 6.45) is 0. The maximum atomic E-state index is 13.6. The van der Waals surface area contributed by atoms with E-state index in [1.54, 1.807) is 6.92 Å². The number of halogens is 2. The highest BCUT2D eigenvalue weighted by Gasteiger charge is 2.20. The highest BCUT2D eigenvalue weighted by atomic mass is 32.1. The number of hydrogen-bond acceptors (Lipinski definition) is 5. The Bertz CT molecular complexity index is 970. The average Bonchev–Trinajstić information content (AvgIpc) is 3.04. The van der Waals surface area contributed by atoms with E-state index in [1.807, 2.05) is 30.3 Å². The van der Waals surface area contributed by atoms with Crippen molar-refractivity contribution >= 4 is 23.1 Å². The van der Waals surface area contributed by atoms with E-state index in [-0.39, 0.29) is 4.88 Å². The molecule has 0 aliphatic rings. The molecule has 0 fully saturated rings. The lowest BCUT2D eigenvalue weighted by atomic mass is 10.1. The number of ketones is 1. The van der Waals surface area contributed by atoms with Gasteiger partial charge in [-0.15, -0.1) is 11.3 Å². The van der Waals surface area contributed by atoms with Crippen LogP contribution in [0.3, 0.4) is 0 Å². The van der Waals surface area contributed by atoms with Crippen LogP contribution in [-0.4, -0.2) is 23.3 Å². The van der Waals surface area contributed by atoms with Crippen LogP contribution >= 0.6 is 11.3 Å². The number of aromatic nitrogens is 1. The molecule has 0 saturated heterocycles. The van der Waals surface area contributed by atoms with E-state index in [9.17, 15) is 18.4 Å². The van der Waals surface area contributed by atoms with Crippen LogP contribution in [0.1, 0.15) is 25.7 Å². The molecule has 7 heteroatoms. The summed E-state index contributed by atoms with van der Waals surface area (Å²) in [5.41, 5.74) is 0.879. The Balaban J connectivity index is 1.72. The topological polar surface area (TPSA) is 56.3 Å². The van der Waals surface area contributed by atoms with E-state index in [2.05, 4.69) is 4.98 Å². The van der Waals surface area contributed by atoms with Crippen molar-refractivity contribution in [3.63, 3.8) is 0 Å². The standard InChI is InChI=1S/C19H13F2NO3S/c1-11-17(26-18(22-11)12-5-3-2-4-6-12)19(24)25-10-16(23)14-9-13(20)7-8-15(14)21/h2-9H,10H2,1H3. The van der Waals surface area contributed by atoms with Crippen LogP contribution in [0.25, 0.3) is 10.6 Å². The van der Waals surface area contributed by atoms with Crippen molar-refractivity contribution in [2.24, 2.45) is 0 Å². The predicted molar refractivity (Wildman–Crippen MR) is 93.3 cm³/mol. The summed E-state index contributed by atoms with van der Waals surface area (Å²) < 4.78 is 31.7. The largest absolute Gasteiger partial charge is 0.453 e. The van der Waals surface area contributed by atoms with Gasteiger partial charge in [0.1, 0.15) is 21.5 Å². The van der Waals surface area contributed by atoms with E-state index in [4.69, 9.17) is 4.74 Å². The van der Waals surface area contributed by atoms with Gasteiger partial charge in [-0.05, 0) is 25.1 Å². The van der Waals surface area contributed by atoms with Crippen molar-refractivity contribution in [1.29, 1.82) is 0 Å². The van der Waals surface area contributed by atoms with E-state index < -0.39 is 35.6 Å². The van der Waals surface area contributed by atoms with Gasteiger partial charge < -0.3 is 4.74 Å². The summed E-state index contributed by atoms with van der Waals surface area (Å²) >= 11 is 1.14. The van der Waals surface area contributed by atoms with Crippen molar-refractivity contribution in [3.8, 4) is 10.6 Å². The molecule has 132 valence electrons. The first-order valence-electron chi connectivity index (χ1n) is 7.64. The smallest absolute Gasteiger partial charge is 0.350 e. The van der Waals surface area contributed by atoms with Crippen molar-refractivity contribution in [2.75, 3.05) is 6.61 Å². The van der Waals surface area contributed by atoms with Gasteiger partial charge in [0.25, 0.3) is 0 Å². The molecule has 0 aliphatic carbocycles. The second kappa shape index (κ2) is 7.53. The molecule has 0 unspecified atom stereocenters. The van der Waals surface area contributed by atoms with Crippen LogP contribution in [0.15, 0.2) is 48.5 Å². The van der Waals surface area contributed by atoms with Crippen LogP contribution in [0.4, 0.5) is 8.78 Å². The number of carbonyl (C=O) groups excluding carboxylic acids is 2. The number of thiazole rings is 1. The van der Waals surface area contributed by atoms with E-state index in [1.165, 1.54) is 0 Å². The third-order valence-electron chi connectivity index (χ3n) is 3.57. The lowest BCUT2D eigenvalue weighted by molar-refractivity contribution is 0.0477. The fourth-order valence-electron chi connectivity index (χ4n) is 2.28. The van der Waals surface area contributed by atoms with Crippen LogP contribution in [0.5, 0.6) is 0 Å². The quantitative estimate of drug-likeness (QED) is 0.490. The average molecular weight is 373 g/mol. The number of rotatable bonds is 5. The Labute approximate surface area is 152 Å². The third-order valence-corrected chi connectivity index (χ3v) is 4.75. The van der Waals surface area contributed by atoms with Gasteiger partial charge in [0, 0.05) is 5.56 Å². The first-order valence-corrected chi connectivity index (χ1v) is 8.45. The molecule has 4 nitrogen and oxygen atoms in total. The molecule has 0 radical (unpaired) electrons. The fraction of sp³-hybridized carbons (Fsp3) is 0.105. The molecule has 3 rings (SSSR count). The second-order valence-corrected chi connectivity index (χ2v) is 6.42. The number of carbonyl (C=O) groups is 2. The molecule has 0 spiro atoms. The number of ether oxygens (including phenoxy) is 1. The Morgan fingerprint density at radius 1 is 1.12 bits per heavy atom. The van der Waals surface area contributed by atoms with Crippen molar-refractivity contribution in [1.82, 2.24) is 4.98 Å². The van der Waals surface area contributed by atoms with E-state index in [0.29, 0.717) is 10.7 Å². The molecule has 0 N–H and O–H groups in total. The SMILES string of the molecule is Cc1nc(-c2ccccc2)sc1C(=O)OCC(=O)c1cc(F)ccc1F. The van der Waals surface area contributed by atoms with Gasteiger partial charge in [-0.25, -0.2) is 18.6 Å². The Morgan fingerprint density at radius 3 is 2.58 bits per heavy atom. The van der Waals surface area contributed by atoms with E-state index >= 15 is 0 Å². The van der Waals surface area contributed by atoms with Crippen molar-refractivity contribution in [3.05, 3.63) is 76.3 Å². The summed E-state index contributed by atoms with van der Waals surface area (Å²) in [5.74, 6) is -3.16.